The van der Waals surface area contributed by atoms with E-state index in [4.69, 9.17) is 0 Å². The molecule has 124 valence electrons. The largest absolute Gasteiger partial charge is 0.480 e. The Morgan fingerprint density at radius 2 is 2.00 bits per heavy atom. The highest BCUT2D eigenvalue weighted by Crippen LogP contribution is 2.36. The number of carboxylic acid groups (broad SMARTS) is 1. The predicted octanol–water partition coefficient (Wildman–Crippen LogP) is 5.08. The molecule has 1 aromatic rings. The van der Waals surface area contributed by atoms with Crippen LogP contribution in [0.4, 0.5) is 18.9 Å². The number of rotatable bonds is 6. The van der Waals surface area contributed by atoms with Crippen LogP contribution >= 0.6 is 38.5 Å². The van der Waals surface area contributed by atoms with E-state index in [1.807, 2.05) is 0 Å². The van der Waals surface area contributed by atoms with Crippen LogP contribution < -0.4 is 4.90 Å². The van der Waals surface area contributed by atoms with Crippen molar-refractivity contribution >= 4 is 50.2 Å². The number of hydrogen-bond donors (Lipinski definition) is 1. The summed E-state index contributed by atoms with van der Waals surface area (Å²) in [5, 5.41) is 9.41. The summed E-state index contributed by atoms with van der Waals surface area (Å²) >= 11 is 4.45. The summed E-state index contributed by atoms with van der Waals surface area (Å²) in [6.07, 6.45) is -4.41. The Kier molecular flexibility index (Phi) is 6.97. The fraction of sp³-hybridized carbons (Fsp3) is 0.500. The average molecular weight is 494 g/mol. The number of carboxylic acids is 1. The zero-order chi connectivity index (χ0) is 17.1. The van der Waals surface area contributed by atoms with Crippen LogP contribution in [-0.4, -0.2) is 27.3 Å². The van der Waals surface area contributed by atoms with Gasteiger partial charge in [-0.2, -0.15) is 13.2 Å². The van der Waals surface area contributed by atoms with Crippen LogP contribution in [0.3, 0.4) is 0 Å². The van der Waals surface area contributed by atoms with E-state index in [-0.39, 0.29) is 18.0 Å². The molecule has 8 heteroatoms. The second kappa shape index (κ2) is 7.85. The van der Waals surface area contributed by atoms with Gasteiger partial charge >= 0.3 is 12.1 Å². The molecule has 0 saturated carbocycles. The van der Waals surface area contributed by atoms with Gasteiger partial charge in [0, 0.05) is 10.2 Å². The van der Waals surface area contributed by atoms with Crippen molar-refractivity contribution in [2.75, 3.05) is 4.90 Å². The minimum atomic E-state index is -4.53. The van der Waals surface area contributed by atoms with E-state index in [1.54, 1.807) is 26.0 Å². The van der Waals surface area contributed by atoms with Crippen molar-refractivity contribution in [2.24, 2.45) is 5.92 Å². The lowest BCUT2D eigenvalue weighted by molar-refractivity contribution is -0.142. The Balaban J connectivity index is 3.34. The third-order valence-electron chi connectivity index (χ3n) is 2.94. The van der Waals surface area contributed by atoms with Crippen molar-refractivity contribution in [3.05, 3.63) is 28.7 Å². The highest BCUT2D eigenvalue weighted by molar-refractivity contribution is 14.1. The molecule has 0 amide bonds. The standard InChI is InChI=1S/C14H16BrF3INO2/c1-8(2)6-11(12(21)22)20(13(19)14(16,17)18)10-5-3-4-9(15)7-10/h3-5,7-8,11,13H,6H2,1-2H3,(H,21,22)/t11?,13-/m1/s1. The molecule has 0 heterocycles. The normalized spacial score (nSPS) is 14.7. The summed E-state index contributed by atoms with van der Waals surface area (Å²) in [6.45, 7) is 3.57. The lowest BCUT2D eigenvalue weighted by atomic mass is 10.0. The van der Waals surface area contributed by atoms with Crippen LogP contribution in [0.25, 0.3) is 0 Å². The quantitative estimate of drug-likeness (QED) is 0.341. The fourth-order valence-corrected chi connectivity index (χ4v) is 3.14. The predicted molar refractivity (Wildman–Crippen MR) is 91.4 cm³/mol. The van der Waals surface area contributed by atoms with Gasteiger partial charge in [0.05, 0.1) is 0 Å². The summed E-state index contributed by atoms with van der Waals surface area (Å²) in [6, 6.07) is 4.99. The van der Waals surface area contributed by atoms with Gasteiger partial charge in [0.1, 0.15) is 6.04 Å². The van der Waals surface area contributed by atoms with Gasteiger partial charge in [-0.05, 0) is 53.1 Å². The lowest BCUT2D eigenvalue weighted by Crippen LogP contribution is -2.51. The molecule has 1 N–H and O–H groups in total. The Morgan fingerprint density at radius 3 is 2.41 bits per heavy atom. The van der Waals surface area contributed by atoms with Crippen molar-refractivity contribution in [1.29, 1.82) is 0 Å². The van der Waals surface area contributed by atoms with Gasteiger partial charge in [0.2, 0.25) is 0 Å². The first-order valence-electron chi connectivity index (χ1n) is 6.51. The van der Waals surface area contributed by atoms with Crippen LogP contribution in [0.1, 0.15) is 20.3 Å². The molecule has 0 bridgehead atoms. The Labute approximate surface area is 149 Å². The summed E-state index contributed by atoms with van der Waals surface area (Å²) < 4.78 is 38.2. The third-order valence-corrected chi connectivity index (χ3v) is 4.74. The molecule has 3 nitrogen and oxygen atoms in total. The SMILES string of the molecule is CC(C)CC(C(=O)O)N(c1cccc(Br)c1)[C@@H](I)C(F)(F)F. The molecule has 2 atom stereocenters. The molecule has 1 unspecified atom stereocenters. The maximum atomic E-state index is 13.2. The molecule has 22 heavy (non-hydrogen) atoms. The van der Waals surface area contributed by atoms with Crippen molar-refractivity contribution in [3.8, 4) is 0 Å². The number of benzene rings is 1. The maximum absolute atomic E-state index is 13.2. The van der Waals surface area contributed by atoms with Gasteiger partial charge in [-0.15, -0.1) is 0 Å². The second-order valence-electron chi connectivity index (χ2n) is 5.25. The Bertz CT molecular complexity index is 525. The van der Waals surface area contributed by atoms with Crippen molar-refractivity contribution in [2.45, 2.75) is 36.5 Å². The van der Waals surface area contributed by atoms with E-state index in [1.165, 1.54) is 34.7 Å². The topological polar surface area (TPSA) is 40.5 Å². The van der Waals surface area contributed by atoms with E-state index in [9.17, 15) is 23.1 Å². The summed E-state index contributed by atoms with van der Waals surface area (Å²) in [7, 11) is 0. The van der Waals surface area contributed by atoms with Crippen molar-refractivity contribution < 1.29 is 23.1 Å². The number of nitrogens with zero attached hydrogens (tertiary/aromatic N) is 1. The Hall–Kier alpha value is -0.510. The number of anilines is 1. The van der Waals surface area contributed by atoms with E-state index >= 15 is 0 Å². The van der Waals surface area contributed by atoms with E-state index in [0.29, 0.717) is 4.47 Å². The van der Waals surface area contributed by atoms with Crippen LogP contribution in [0.5, 0.6) is 0 Å². The fourth-order valence-electron chi connectivity index (χ4n) is 2.04. The van der Waals surface area contributed by atoms with Gasteiger partial charge in [-0.1, -0.05) is 35.8 Å². The van der Waals surface area contributed by atoms with Gasteiger partial charge < -0.3 is 10.0 Å². The molecule has 0 aliphatic rings. The van der Waals surface area contributed by atoms with Gasteiger partial charge in [-0.25, -0.2) is 4.79 Å². The minimum absolute atomic E-state index is 0.0485. The molecule has 0 radical (unpaired) electrons. The van der Waals surface area contributed by atoms with Gasteiger partial charge in [0.15, 0.2) is 4.05 Å². The highest BCUT2D eigenvalue weighted by Gasteiger charge is 2.46. The van der Waals surface area contributed by atoms with Crippen LogP contribution in [0, 0.1) is 5.92 Å². The number of carbonyl (C=O) groups is 1. The molecular weight excluding hydrogens is 478 g/mol. The van der Waals surface area contributed by atoms with Crippen LogP contribution in [0.2, 0.25) is 0 Å². The van der Waals surface area contributed by atoms with E-state index in [2.05, 4.69) is 15.9 Å². The number of halogens is 5. The van der Waals surface area contributed by atoms with Crippen LogP contribution in [-0.2, 0) is 4.79 Å². The van der Waals surface area contributed by atoms with Crippen molar-refractivity contribution in [3.63, 3.8) is 0 Å². The molecule has 1 aromatic carbocycles. The molecule has 1 rings (SSSR count). The van der Waals surface area contributed by atoms with Gasteiger partial charge in [0.25, 0.3) is 0 Å². The summed E-state index contributed by atoms with van der Waals surface area (Å²) in [4.78, 5) is 12.5. The second-order valence-corrected chi connectivity index (χ2v) is 7.34. The van der Waals surface area contributed by atoms with Crippen molar-refractivity contribution in [1.82, 2.24) is 0 Å². The summed E-state index contributed by atoms with van der Waals surface area (Å²) in [5.74, 6) is -1.31. The van der Waals surface area contributed by atoms with Gasteiger partial charge in [-0.3, -0.25) is 0 Å². The molecule has 0 spiro atoms. The Morgan fingerprint density at radius 1 is 1.41 bits per heavy atom. The zero-order valence-corrected chi connectivity index (χ0v) is 15.7. The summed E-state index contributed by atoms with van der Waals surface area (Å²) in [5.41, 5.74) is 0.221. The third kappa shape index (κ3) is 5.29. The molecule has 0 saturated heterocycles. The first-order valence-corrected chi connectivity index (χ1v) is 8.55. The van der Waals surface area contributed by atoms with E-state index < -0.39 is 22.2 Å². The monoisotopic (exact) mass is 493 g/mol. The minimum Gasteiger partial charge on any atom is -0.480 e. The number of aliphatic carboxylic acids is 1. The number of alkyl halides is 4. The van der Waals surface area contributed by atoms with E-state index in [0.717, 1.165) is 4.90 Å². The molecule has 0 aliphatic carbocycles. The smallest absolute Gasteiger partial charge is 0.418 e. The number of hydrogen-bond acceptors (Lipinski definition) is 2. The van der Waals surface area contributed by atoms with Crippen LogP contribution in [0.15, 0.2) is 28.7 Å². The first-order chi connectivity index (χ1) is 10.0. The zero-order valence-electron chi connectivity index (χ0n) is 11.9. The molecule has 0 aliphatic heterocycles. The average Bonchev–Trinajstić information content (AvgIpc) is 2.36. The molecular formula is C14H16BrF3INO2. The molecule has 0 aromatic heterocycles. The lowest BCUT2D eigenvalue weighted by Gasteiger charge is -2.36. The maximum Gasteiger partial charge on any atom is 0.418 e. The highest BCUT2D eigenvalue weighted by atomic mass is 127. The molecule has 0 fully saturated rings. The first kappa shape index (κ1) is 19.5.